The van der Waals surface area contributed by atoms with E-state index in [4.69, 9.17) is 5.73 Å². The first-order valence-corrected chi connectivity index (χ1v) is 14.8. The molecule has 4 aromatic rings. The molecule has 0 aliphatic carbocycles. The fourth-order valence-corrected chi connectivity index (χ4v) is 7.57. The number of alkyl halides is 3. The predicted molar refractivity (Wildman–Crippen MR) is 151 cm³/mol. The quantitative estimate of drug-likeness (QED) is 0.196. The number of rotatable bonds is 9. The molecule has 13 heteroatoms. The van der Waals surface area contributed by atoms with Gasteiger partial charge in [-0.25, -0.2) is 13.3 Å². The van der Waals surface area contributed by atoms with Crippen molar-refractivity contribution >= 4 is 21.7 Å². The lowest BCUT2D eigenvalue weighted by Gasteiger charge is -2.37. The Hall–Kier alpha value is -4.36. The number of hydrogen-bond acceptors (Lipinski definition) is 6. The van der Waals surface area contributed by atoms with Gasteiger partial charge in [0.2, 0.25) is 0 Å². The van der Waals surface area contributed by atoms with E-state index in [9.17, 15) is 30.8 Å². The molecule has 1 fully saturated rings. The fraction of sp³-hybridized carbons (Fsp3) is 0.233. The van der Waals surface area contributed by atoms with Gasteiger partial charge in [-0.3, -0.25) is 9.78 Å². The highest BCUT2D eigenvalue weighted by Crippen LogP contribution is 2.39. The molecule has 0 saturated carbocycles. The average Bonchev–Trinajstić information content (AvgIpc) is 3.42. The van der Waals surface area contributed by atoms with Crippen LogP contribution in [0.2, 0.25) is 0 Å². The summed E-state index contributed by atoms with van der Waals surface area (Å²) in [4.78, 5) is 21.3. The molecule has 8 nitrogen and oxygen atoms in total. The molecule has 3 N–H and O–H groups in total. The average molecular weight is 615 g/mol. The molecule has 1 unspecified atom stereocenters. The number of aromatic nitrogens is 2. The summed E-state index contributed by atoms with van der Waals surface area (Å²) < 4.78 is 80.9. The molecule has 1 amide bonds. The van der Waals surface area contributed by atoms with Gasteiger partial charge in [0, 0.05) is 30.2 Å². The van der Waals surface area contributed by atoms with E-state index < -0.39 is 43.4 Å². The van der Waals surface area contributed by atoms with Crippen molar-refractivity contribution in [1.29, 1.82) is 0 Å². The number of anilines is 1. The number of nitrogens with two attached hydrogens (primary N) is 1. The van der Waals surface area contributed by atoms with Crippen LogP contribution in [0.4, 0.5) is 23.4 Å². The van der Waals surface area contributed by atoms with E-state index in [1.807, 2.05) is 6.07 Å². The van der Waals surface area contributed by atoms with Crippen LogP contribution in [0.25, 0.3) is 11.3 Å². The topological polar surface area (TPSA) is 115 Å². The summed E-state index contributed by atoms with van der Waals surface area (Å²) in [5, 5.41) is 3.15. The van der Waals surface area contributed by atoms with Crippen LogP contribution in [-0.4, -0.2) is 40.8 Å². The van der Waals surface area contributed by atoms with Crippen molar-refractivity contribution in [2.45, 2.75) is 43.0 Å². The van der Waals surface area contributed by atoms with Crippen LogP contribution in [0.1, 0.15) is 29.7 Å². The number of pyridine rings is 2. The molecule has 0 bridgehead atoms. The molecule has 0 spiro atoms. The van der Waals surface area contributed by atoms with Gasteiger partial charge in [0.25, 0.3) is 5.91 Å². The lowest BCUT2D eigenvalue weighted by molar-refractivity contribution is -0.823. The molecule has 0 radical (unpaired) electrons. The number of sulfonamides is 1. The van der Waals surface area contributed by atoms with E-state index in [2.05, 4.69) is 15.3 Å². The van der Waals surface area contributed by atoms with Gasteiger partial charge >= 0.3 is 16.2 Å². The molecule has 3 heterocycles. The highest BCUT2D eigenvalue weighted by Gasteiger charge is 2.55. The standard InChI is InChI=1S/C30H27F4N5O3S/c31-23-10-12-25(13-11-23)43(41,42)39(15-3-5-27(39)29(35)40)19-20-16-26(21-6-8-22(9-7-21)30(32,33)34)38-28(17-20)37-18-24-4-1-2-14-36-24/h1-2,4,6-14,16-17,27H,3,5,15,18-19H2,(H2-,35,37,38,40)/p+1/t27-,39?/m0/s1. The van der Waals surface area contributed by atoms with Crippen molar-refractivity contribution in [3.8, 4) is 11.3 Å². The molecular formula is C30H28F4N5O3S+. The van der Waals surface area contributed by atoms with Gasteiger partial charge < -0.3 is 11.1 Å². The summed E-state index contributed by atoms with van der Waals surface area (Å²) in [6, 6.07) is 16.4. The zero-order valence-electron chi connectivity index (χ0n) is 22.8. The number of halogens is 4. The van der Waals surface area contributed by atoms with Crippen LogP contribution in [-0.2, 0) is 34.1 Å². The number of nitrogens with zero attached hydrogens (tertiary/aromatic N) is 3. The first kappa shape index (κ1) is 30.1. The van der Waals surface area contributed by atoms with E-state index in [1.54, 1.807) is 30.5 Å². The number of nitrogens with one attached hydrogen (secondary N) is 1. The highest BCUT2D eigenvalue weighted by atomic mass is 32.2. The summed E-state index contributed by atoms with van der Waals surface area (Å²) in [5.74, 6) is -1.07. The SMILES string of the molecule is NC(=O)[C@@H]1CCC[N+]1(Cc1cc(NCc2ccccn2)nc(-c2ccc(C(F)(F)F)cc2)c1)S(=O)(=O)c1ccc(F)cc1. The summed E-state index contributed by atoms with van der Waals surface area (Å²) in [7, 11) is -4.28. The van der Waals surface area contributed by atoms with E-state index in [-0.39, 0.29) is 31.0 Å². The fourth-order valence-electron chi connectivity index (χ4n) is 5.44. The number of amides is 1. The third-order valence-corrected chi connectivity index (χ3v) is 9.91. The van der Waals surface area contributed by atoms with Gasteiger partial charge in [0.15, 0.2) is 6.04 Å². The molecule has 2 aromatic heterocycles. The highest BCUT2D eigenvalue weighted by molar-refractivity contribution is 7.86. The molecule has 2 aromatic carbocycles. The maximum Gasteiger partial charge on any atom is 0.416 e. The van der Waals surface area contributed by atoms with Crippen LogP contribution < -0.4 is 11.1 Å². The van der Waals surface area contributed by atoms with Gasteiger partial charge in [0.05, 0.1) is 30.0 Å². The largest absolute Gasteiger partial charge is 0.416 e. The third-order valence-electron chi connectivity index (χ3n) is 7.52. The number of primary amides is 1. The molecule has 1 aliphatic heterocycles. The minimum atomic E-state index is -4.52. The minimum absolute atomic E-state index is 0.0714. The second-order valence-corrected chi connectivity index (χ2v) is 12.5. The van der Waals surface area contributed by atoms with Crippen LogP contribution in [0.15, 0.2) is 90.0 Å². The molecule has 2 atom stereocenters. The minimum Gasteiger partial charge on any atom is -0.364 e. The summed E-state index contributed by atoms with van der Waals surface area (Å²) in [6.45, 7) is 0.144. The van der Waals surface area contributed by atoms with Crippen molar-refractivity contribution in [1.82, 2.24) is 9.97 Å². The summed E-state index contributed by atoms with van der Waals surface area (Å²) in [5.41, 5.74) is 6.73. The van der Waals surface area contributed by atoms with Gasteiger partial charge in [-0.05, 0) is 60.7 Å². The molecular weight excluding hydrogens is 586 g/mol. The van der Waals surface area contributed by atoms with E-state index >= 15 is 0 Å². The van der Waals surface area contributed by atoms with Crippen LogP contribution in [0.5, 0.6) is 0 Å². The number of benzene rings is 2. The lowest BCUT2D eigenvalue weighted by atomic mass is 10.1. The van der Waals surface area contributed by atoms with E-state index in [0.717, 1.165) is 36.4 Å². The lowest BCUT2D eigenvalue weighted by Crippen LogP contribution is -2.59. The first-order chi connectivity index (χ1) is 20.4. The third kappa shape index (κ3) is 6.22. The number of hydrogen-bond donors (Lipinski definition) is 2. The maximum absolute atomic E-state index is 14.2. The Bertz CT molecular complexity index is 1720. The smallest absolute Gasteiger partial charge is 0.364 e. The van der Waals surface area contributed by atoms with Gasteiger partial charge in [-0.1, -0.05) is 18.2 Å². The first-order valence-electron chi connectivity index (χ1n) is 13.4. The Morgan fingerprint density at radius 3 is 2.37 bits per heavy atom. The van der Waals surface area contributed by atoms with Gasteiger partial charge in [-0.15, -0.1) is 0 Å². The second-order valence-electron chi connectivity index (χ2n) is 10.3. The van der Waals surface area contributed by atoms with Crippen LogP contribution >= 0.6 is 0 Å². The van der Waals surface area contributed by atoms with Crippen molar-refractivity contribution in [2.24, 2.45) is 5.73 Å². The Balaban J connectivity index is 1.60. The number of likely N-dealkylation sites (tertiary alicyclic amines) is 1. The Kier molecular flexibility index (Phi) is 8.21. The normalized spacial score (nSPS) is 18.8. The number of quaternary nitrogens is 1. The Labute approximate surface area is 245 Å². The Morgan fingerprint density at radius 2 is 1.74 bits per heavy atom. The molecule has 224 valence electrons. The molecule has 43 heavy (non-hydrogen) atoms. The van der Waals surface area contributed by atoms with E-state index in [1.165, 1.54) is 12.1 Å². The summed E-state index contributed by atoms with van der Waals surface area (Å²) in [6.07, 6.45) is -2.26. The number of carbonyl (C=O) groups excluding carboxylic acids is 1. The number of carbonyl (C=O) groups is 1. The van der Waals surface area contributed by atoms with Crippen molar-refractivity contribution < 1.29 is 34.7 Å². The van der Waals surface area contributed by atoms with Gasteiger partial charge in [-0.2, -0.15) is 21.6 Å². The maximum atomic E-state index is 14.2. The van der Waals surface area contributed by atoms with E-state index in [0.29, 0.717) is 34.8 Å². The monoisotopic (exact) mass is 614 g/mol. The van der Waals surface area contributed by atoms with Crippen molar-refractivity contribution in [2.75, 3.05) is 11.9 Å². The second kappa shape index (κ2) is 11.7. The summed E-state index contributed by atoms with van der Waals surface area (Å²) >= 11 is 0. The van der Waals surface area contributed by atoms with Crippen molar-refractivity contribution in [3.05, 3.63) is 108 Å². The predicted octanol–water partition coefficient (Wildman–Crippen LogP) is 5.27. The molecule has 1 aliphatic rings. The zero-order valence-corrected chi connectivity index (χ0v) is 23.6. The van der Waals surface area contributed by atoms with Crippen LogP contribution in [0, 0.1) is 5.82 Å². The molecule has 5 rings (SSSR count). The van der Waals surface area contributed by atoms with Crippen molar-refractivity contribution in [3.63, 3.8) is 0 Å². The Morgan fingerprint density at radius 1 is 1.02 bits per heavy atom. The van der Waals surface area contributed by atoms with Crippen LogP contribution in [0.3, 0.4) is 0 Å². The van der Waals surface area contributed by atoms with Gasteiger partial charge in [0.1, 0.15) is 23.1 Å². The zero-order chi connectivity index (χ0) is 30.8. The molecule has 1 saturated heterocycles.